The number of benzene rings is 1. The third kappa shape index (κ3) is 3.22. The molecule has 2 aromatic rings. The van der Waals surface area contributed by atoms with E-state index in [1.165, 1.54) is 17.0 Å². The van der Waals surface area contributed by atoms with Crippen molar-refractivity contribution < 1.29 is 4.39 Å². The number of thiazole rings is 1. The second kappa shape index (κ2) is 5.99. The molecule has 2 nitrogen and oxygen atoms in total. The smallest absolute Gasteiger partial charge is 0.125 e. The summed E-state index contributed by atoms with van der Waals surface area (Å²) >= 11 is 10.9. The maximum Gasteiger partial charge on any atom is 0.125 e. The van der Waals surface area contributed by atoms with Crippen LogP contribution in [0, 0.1) is 12.7 Å². The summed E-state index contributed by atoms with van der Waals surface area (Å²) in [5.41, 5.74) is 3.62. The van der Waals surface area contributed by atoms with E-state index < -0.39 is 0 Å². The fourth-order valence-corrected chi connectivity index (χ4v) is 3.32. The summed E-state index contributed by atoms with van der Waals surface area (Å²) < 4.78 is 13.7. The van der Waals surface area contributed by atoms with Gasteiger partial charge in [-0.1, -0.05) is 11.6 Å². The van der Waals surface area contributed by atoms with Crippen molar-refractivity contribution in [3.8, 4) is 0 Å². The van der Waals surface area contributed by atoms with Crippen LogP contribution in [0.15, 0.2) is 22.1 Å². The van der Waals surface area contributed by atoms with Crippen LogP contribution in [0.3, 0.4) is 0 Å². The minimum absolute atomic E-state index is 0.351. The summed E-state index contributed by atoms with van der Waals surface area (Å²) in [5, 5.41) is 3.59. The van der Waals surface area contributed by atoms with Gasteiger partial charge in [-0.3, -0.25) is 0 Å². The second-order valence-corrected chi connectivity index (χ2v) is 5.98. The SMILES string of the molecule is Cc1ncsc1CCNc1c(Cl)cc(F)cc1Br. The molecule has 1 N–H and O–H groups in total. The number of hydrogen-bond donors (Lipinski definition) is 1. The Bertz CT molecular complexity index is 536. The van der Waals surface area contributed by atoms with E-state index in [0.29, 0.717) is 9.50 Å². The average molecular weight is 350 g/mol. The van der Waals surface area contributed by atoms with Gasteiger partial charge in [-0.15, -0.1) is 11.3 Å². The monoisotopic (exact) mass is 348 g/mol. The largest absolute Gasteiger partial charge is 0.383 e. The molecule has 0 atom stereocenters. The number of nitrogens with one attached hydrogen (secondary N) is 1. The molecule has 0 aliphatic carbocycles. The molecule has 1 aromatic heterocycles. The molecule has 18 heavy (non-hydrogen) atoms. The number of rotatable bonds is 4. The lowest BCUT2D eigenvalue weighted by atomic mass is 10.2. The molecule has 0 aliphatic heterocycles. The van der Waals surface area contributed by atoms with Crippen LogP contribution in [0.25, 0.3) is 0 Å². The van der Waals surface area contributed by atoms with Crippen molar-refractivity contribution in [2.75, 3.05) is 11.9 Å². The summed E-state index contributed by atoms with van der Waals surface area (Å²) in [6.07, 6.45) is 0.872. The van der Waals surface area contributed by atoms with Crippen LogP contribution >= 0.6 is 38.9 Å². The van der Waals surface area contributed by atoms with Crippen LogP contribution in [0.4, 0.5) is 10.1 Å². The maximum absolute atomic E-state index is 13.1. The van der Waals surface area contributed by atoms with Crippen molar-refractivity contribution >= 4 is 44.6 Å². The number of hydrogen-bond acceptors (Lipinski definition) is 3. The Labute approximate surface area is 122 Å². The summed E-state index contributed by atoms with van der Waals surface area (Å²) in [5.74, 6) is -0.351. The zero-order chi connectivity index (χ0) is 13.1. The minimum Gasteiger partial charge on any atom is -0.383 e. The third-order valence-corrected chi connectivity index (χ3v) is 4.42. The van der Waals surface area contributed by atoms with Crippen LogP contribution in [-0.4, -0.2) is 11.5 Å². The first-order chi connectivity index (χ1) is 8.58. The first-order valence-corrected chi connectivity index (χ1v) is 7.40. The molecule has 2 rings (SSSR count). The molecule has 0 saturated carbocycles. The summed E-state index contributed by atoms with van der Waals surface area (Å²) in [7, 11) is 0. The van der Waals surface area contributed by atoms with Crippen LogP contribution < -0.4 is 5.32 Å². The van der Waals surface area contributed by atoms with Crippen molar-refractivity contribution in [1.29, 1.82) is 0 Å². The molecular formula is C12H11BrClFN2S. The van der Waals surface area contributed by atoms with Gasteiger partial charge < -0.3 is 5.32 Å². The molecule has 1 aromatic carbocycles. The van der Waals surface area contributed by atoms with Gasteiger partial charge in [0.15, 0.2) is 0 Å². The number of halogens is 3. The molecule has 6 heteroatoms. The quantitative estimate of drug-likeness (QED) is 0.868. The Balaban J connectivity index is 2.01. The first kappa shape index (κ1) is 13.8. The lowest BCUT2D eigenvalue weighted by Gasteiger charge is -2.10. The van der Waals surface area contributed by atoms with Gasteiger partial charge in [-0.25, -0.2) is 9.37 Å². The van der Waals surface area contributed by atoms with Gasteiger partial charge >= 0.3 is 0 Å². The van der Waals surface area contributed by atoms with Crippen molar-refractivity contribution in [1.82, 2.24) is 4.98 Å². The van der Waals surface area contributed by atoms with E-state index >= 15 is 0 Å². The summed E-state index contributed by atoms with van der Waals surface area (Å²) in [4.78, 5) is 5.44. The number of anilines is 1. The highest BCUT2D eigenvalue weighted by Crippen LogP contribution is 2.31. The topological polar surface area (TPSA) is 24.9 Å². The van der Waals surface area contributed by atoms with Gasteiger partial charge in [-0.05, 0) is 35.0 Å². The van der Waals surface area contributed by atoms with Gasteiger partial charge in [-0.2, -0.15) is 0 Å². The summed E-state index contributed by atoms with van der Waals surface area (Å²) in [6.45, 7) is 2.72. The van der Waals surface area contributed by atoms with E-state index in [0.717, 1.165) is 24.3 Å². The lowest BCUT2D eigenvalue weighted by molar-refractivity contribution is 0.627. The molecule has 0 radical (unpaired) electrons. The molecule has 0 bridgehead atoms. The van der Waals surface area contributed by atoms with Gasteiger partial charge in [0.05, 0.1) is 21.9 Å². The third-order valence-electron chi connectivity index (χ3n) is 2.51. The number of aromatic nitrogens is 1. The van der Waals surface area contributed by atoms with Crippen LogP contribution in [0.5, 0.6) is 0 Å². The molecule has 0 spiro atoms. The van der Waals surface area contributed by atoms with E-state index in [1.807, 2.05) is 12.4 Å². The fourth-order valence-electron chi connectivity index (χ4n) is 1.58. The number of aryl methyl sites for hydroxylation is 1. The molecule has 0 saturated heterocycles. The lowest BCUT2D eigenvalue weighted by Crippen LogP contribution is -2.06. The predicted octanol–water partition coefficient (Wildman–Crippen LogP) is 4.66. The molecule has 96 valence electrons. The van der Waals surface area contributed by atoms with Crippen molar-refractivity contribution in [3.05, 3.63) is 43.5 Å². The Kier molecular flexibility index (Phi) is 4.59. The standard InChI is InChI=1S/C12H11BrClFN2S/c1-7-11(18-6-17-7)2-3-16-12-9(13)4-8(15)5-10(12)14/h4-6,16H,2-3H2,1H3. The van der Waals surface area contributed by atoms with E-state index in [-0.39, 0.29) is 5.82 Å². The molecule has 1 heterocycles. The molecular weight excluding hydrogens is 339 g/mol. The Morgan fingerprint density at radius 1 is 1.50 bits per heavy atom. The van der Waals surface area contributed by atoms with Crippen molar-refractivity contribution in [2.45, 2.75) is 13.3 Å². The van der Waals surface area contributed by atoms with Gasteiger partial charge in [0, 0.05) is 22.3 Å². The highest BCUT2D eigenvalue weighted by molar-refractivity contribution is 9.10. The molecule has 0 aliphatic rings. The predicted molar refractivity (Wildman–Crippen MR) is 78.2 cm³/mol. The van der Waals surface area contributed by atoms with E-state index in [2.05, 4.69) is 26.2 Å². The highest BCUT2D eigenvalue weighted by atomic mass is 79.9. The average Bonchev–Trinajstić information content (AvgIpc) is 2.68. The van der Waals surface area contributed by atoms with Gasteiger partial charge in [0.1, 0.15) is 5.82 Å². The molecule has 0 unspecified atom stereocenters. The van der Waals surface area contributed by atoms with E-state index in [4.69, 9.17) is 11.6 Å². The fraction of sp³-hybridized carbons (Fsp3) is 0.250. The van der Waals surface area contributed by atoms with E-state index in [9.17, 15) is 4.39 Å². The second-order valence-electron chi connectivity index (χ2n) is 3.78. The Hall–Kier alpha value is -0.650. The zero-order valence-corrected chi connectivity index (χ0v) is 12.8. The van der Waals surface area contributed by atoms with Gasteiger partial charge in [0.2, 0.25) is 0 Å². The summed E-state index contributed by atoms with van der Waals surface area (Å²) in [6, 6.07) is 2.69. The Morgan fingerprint density at radius 2 is 2.28 bits per heavy atom. The number of nitrogens with zero attached hydrogens (tertiary/aromatic N) is 1. The zero-order valence-electron chi connectivity index (χ0n) is 9.64. The molecule has 0 fully saturated rings. The van der Waals surface area contributed by atoms with Gasteiger partial charge in [0.25, 0.3) is 0 Å². The van der Waals surface area contributed by atoms with E-state index in [1.54, 1.807) is 11.3 Å². The van der Waals surface area contributed by atoms with Crippen molar-refractivity contribution in [3.63, 3.8) is 0 Å². The minimum atomic E-state index is -0.351. The Morgan fingerprint density at radius 3 is 2.89 bits per heavy atom. The maximum atomic E-state index is 13.1. The van der Waals surface area contributed by atoms with Crippen molar-refractivity contribution in [2.24, 2.45) is 0 Å². The van der Waals surface area contributed by atoms with Crippen LogP contribution in [-0.2, 0) is 6.42 Å². The molecule has 0 amide bonds. The first-order valence-electron chi connectivity index (χ1n) is 5.35. The normalized spacial score (nSPS) is 10.7. The van der Waals surface area contributed by atoms with Crippen LogP contribution in [0.2, 0.25) is 5.02 Å². The highest BCUT2D eigenvalue weighted by Gasteiger charge is 2.08. The van der Waals surface area contributed by atoms with Crippen LogP contribution in [0.1, 0.15) is 10.6 Å².